The molecule has 0 saturated carbocycles. The van der Waals surface area contributed by atoms with Gasteiger partial charge in [0.1, 0.15) is 4.32 Å². The van der Waals surface area contributed by atoms with E-state index in [1.54, 1.807) is 30.3 Å². The maximum Gasteiger partial charge on any atom is 0.266 e. The molecular formula is C19H16ClN3O4S3. The van der Waals surface area contributed by atoms with Crippen LogP contribution in [0.1, 0.15) is 12.0 Å². The van der Waals surface area contributed by atoms with Crippen molar-refractivity contribution in [3.63, 3.8) is 0 Å². The van der Waals surface area contributed by atoms with Crippen molar-refractivity contribution in [1.29, 1.82) is 0 Å². The molecule has 0 unspecified atom stereocenters. The van der Waals surface area contributed by atoms with E-state index in [9.17, 15) is 18.0 Å². The van der Waals surface area contributed by atoms with Crippen LogP contribution in [0.3, 0.4) is 0 Å². The summed E-state index contributed by atoms with van der Waals surface area (Å²) in [5.74, 6) is -0.598. The highest BCUT2D eigenvalue weighted by atomic mass is 35.5. The van der Waals surface area contributed by atoms with E-state index in [4.69, 9.17) is 29.0 Å². The Hall–Kier alpha value is -2.24. The summed E-state index contributed by atoms with van der Waals surface area (Å²) < 4.78 is 22.9. The molecule has 2 aromatic carbocycles. The number of primary sulfonamides is 1. The van der Waals surface area contributed by atoms with Crippen molar-refractivity contribution in [1.82, 2.24) is 4.90 Å². The third-order valence-corrected chi connectivity index (χ3v) is 6.63. The molecule has 0 radical (unpaired) electrons. The number of anilines is 1. The Kier molecular flexibility index (Phi) is 6.94. The van der Waals surface area contributed by atoms with Crippen molar-refractivity contribution in [3.8, 4) is 0 Å². The van der Waals surface area contributed by atoms with Crippen LogP contribution in [0.15, 0.2) is 58.3 Å². The van der Waals surface area contributed by atoms with E-state index < -0.39 is 10.0 Å². The molecule has 0 aliphatic carbocycles. The van der Waals surface area contributed by atoms with E-state index in [1.165, 1.54) is 40.9 Å². The van der Waals surface area contributed by atoms with E-state index in [0.29, 0.717) is 19.9 Å². The van der Waals surface area contributed by atoms with Gasteiger partial charge in [0.05, 0.1) is 9.80 Å². The fourth-order valence-electron chi connectivity index (χ4n) is 2.57. The molecule has 0 spiro atoms. The van der Waals surface area contributed by atoms with Crippen LogP contribution >= 0.6 is 35.6 Å². The van der Waals surface area contributed by atoms with E-state index in [-0.39, 0.29) is 29.7 Å². The van der Waals surface area contributed by atoms with E-state index in [2.05, 4.69) is 5.32 Å². The number of nitrogens with zero attached hydrogens (tertiary/aromatic N) is 1. The normalized spacial score (nSPS) is 15.7. The predicted molar refractivity (Wildman–Crippen MR) is 122 cm³/mol. The van der Waals surface area contributed by atoms with Crippen LogP contribution < -0.4 is 10.5 Å². The summed E-state index contributed by atoms with van der Waals surface area (Å²) in [5.41, 5.74) is 1.24. The molecule has 156 valence electrons. The van der Waals surface area contributed by atoms with Crippen molar-refractivity contribution in [2.45, 2.75) is 11.3 Å². The van der Waals surface area contributed by atoms with Gasteiger partial charge in [0.2, 0.25) is 15.9 Å². The molecule has 0 atom stereocenters. The Morgan fingerprint density at radius 3 is 2.40 bits per heavy atom. The molecule has 2 amide bonds. The number of thiocarbonyl (C=S) groups is 1. The highest BCUT2D eigenvalue weighted by molar-refractivity contribution is 8.26. The van der Waals surface area contributed by atoms with E-state index in [1.807, 2.05) is 0 Å². The average Bonchev–Trinajstić information content (AvgIpc) is 2.94. The molecule has 1 aliphatic heterocycles. The standard InChI is InChI=1S/C19H16ClN3O4S3/c20-13-3-1-12(2-4-13)11-16-18(25)23(19(28)29-16)10-9-17(24)22-14-5-7-15(8-6-14)30(21,26)27/h1-8,11H,9-10H2,(H,22,24)(H2,21,26,27)/b16-11-. The lowest BCUT2D eigenvalue weighted by atomic mass is 10.2. The second kappa shape index (κ2) is 9.27. The summed E-state index contributed by atoms with van der Waals surface area (Å²) >= 11 is 12.3. The summed E-state index contributed by atoms with van der Waals surface area (Å²) in [6, 6.07) is 12.5. The first-order valence-corrected chi connectivity index (χ1v) is 11.7. The van der Waals surface area contributed by atoms with Crippen LogP contribution in [-0.4, -0.2) is 36.0 Å². The number of rotatable bonds is 6. The zero-order valence-corrected chi connectivity index (χ0v) is 18.6. The molecule has 0 bridgehead atoms. The lowest BCUT2D eigenvalue weighted by molar-refractivity contribution is -0.122. The van der Waals surface area contributed by atoms with Crippen LogP contribution in [0.4, 0.5) is 5.69 Å². The molecule has 0 aromatic heterocycles. The van der Waals surface area contributed by atoms with Gasteiger partial charge in [-0.15, -0.1) is 0 Å². The third-order valence-electron chi connectivity index (χ3n) is 4.07. The smallest absolute Gasteiger partial charge is 0.266 e. The van der Waals surface area contributed by atoms with Gasteiger partial charge >= 0.3 is 0 Å². The molecule has 11 heteroatoms. The van der Waals surface area contributed by atoms with Gasteiger partial charge in [0, 0.05) is 23.7 Å². The minimum absolute atomic E-state index is 0.0254. The van der Waals surface area contributed by atoms with Crippen LogP contribution in [0.2, 0.25) is 5.02 Å². The van der Waals surface area contributed by atoms with Gasteiger partial charge in [0.25, 0.3) is 5.91 Å². The lowest BCUT2D eigenvalue weighted by Crippen LogP contribution is -2.31. The van der Waals surface area contributed by atoms with Crippen LogP contribution in [-0.2, 0) is 19.6 Å². The highest BCUT2D eigenvalue weighted by Gasteiger charge is 2.32. The summed E-state index contributed by atoms with van der Waals surface area (Å²) in [5, 5.41) is 8.28. The number of thioether (sulfide) groups is 1. The summed E-state index contributed by atoms with van der Waals surface area (Å²) in [7, 11) is -3.80. The monoisotopic (exact) mass is 481 g/mol. The topological polar surface area (TPSA) is 110 Å². The second-order valence-corrected chi connectivity index (χ2v) is 9.93. The molecule has 2 aromatic rings. The molecule has 30 heavy (non-hydrogen) atoms. The Morgan fingerprint density at radius 2 is 1.80 bits per heavy atom. The second-order valence-electron chi connectivity index (χ2n) is 6.25. The van der Waals surface area contributed by atoms with Crippen molar-refractivity contribution in [2.24, 2.45) is 5.14 Å². The Labute approximate surface area is 188 Å². The zero-order valence-electron chi connectivity index (χ0n) is 15.4. The van der Waals surface area contributed by atoms with Crippen molar-refractivity contribution < 1.29 is 18.0 Å². The molecule has 7 nitrogen and oxygen atoms in total. The number of hydrogen-bond donors (Lipinski definition) is 2. The van der Waals surface area contributed by atoms with E-state index >= 15 is 0 Å². The number of halogens is 1. The number of nitrogens with two attached hydrogens (primary N) is 1. The van der Waals surface area contributed by atoms with Gasteiger partial charge in [-0.1, -0.05) is 47.7 Å². The molecule has 3 rings (SSSR count). The molecule has 1 heterocycles. The number of hydrogen-bond acceptors (Lipinski definition) is 6. The van der Waals surface area contributed by atoms with Gasteiger partial charge in [-0.05, 0) is 48.0 Å². The van der Waals surface area contributed by atoms with Gasteiger partial charge in [-0.2, -0.15) is 0 Å². The SMILES string of the molecule is NS(=O)(=O)c1ccc(NC(=O)CCN2C(=O)/C(=C/c3ccc(Cl)cc3)SC2=S)cc1. The maximum absolute atomic E-state index is 12.6. The lowest BCUT2D eigenvalue weighted by Gasteiger charge is -2.14. The number of carbonyl (C=O) groups excluding carboxylic acids is 2. The molecule has 1 saturated heterocycles. The minimum atomic E-state index is -3.80. The first kappa shape index (κ1) is 22.4. The number of nitrogens with one attached hydrogen (secondary N) is 1. The van der Waals surface area contributed by atoms with Crippen molar-refractivity contribution in [2.75, 3.05) is 11.9 Å². The number of benzene rings is 2. The molecule has 1 aliphatic rings. The van der Waals surface area contributed by atoms with Crippen LogP contribution in [0, 0.1) is 0 Å². The summed E-state index contributed by atoms with van der Waals surface area (Å²) in [4.78, 5) is 26.6. The first-order chi connectivity index (χ1) is 14.1. The quantitative estimate of drug-likeness (QED) is 0.484. The Bertz CT molecular complexity index is 1130. The van der Waals surface area contributed by atoms with Crippen LogP contribution in [0.25, 0.3) is 6.08 Å². The third kappa shape index (κ3) is 5.67. The minimum Gasteiger partial charge on any atom is -0.326 e. The molecular weight excluding hydrogens is 466 g/mol. The van der Waals surface area contributed by atoms with E-state index in [0.717, 1.165) is 5.56 Å². The zero-order chi connectivity index (χ0) is 21.9. The highest BCUT2D eigenvalue weighted by Crippen LogP contribution is 2.32. The van der Waals surface area contributed by atoms with Gasteiger partial charge in [-0.25, -0.2) is 13.6 Å². The number of amides is 2. The Balaban J connectivity index is 1.58. The van der Waals surface area contributed by atoms with Crippen molar-refractivity contribution in [3.05, 3.63) is 64.0 Å². The summed E-state index contributed by atoms with van der Waals surface area (Å²) in [6.45, 7) is 0.129. The number of sulfonamides is 1. The first-order valence-electron chi connectivity index (χ1n) is 8.57. The molecule has 1 fully saturated rings. The van der Waals surface area contributed by atoms with Crippen LogP contribution in [0.5, 0.6) is 0 Å². The maximum atomic E-state index is 12.6. The van der Waals surface area contributed by atoms with Gasteiger partial charge in [0.15, 0.2) is 0 Å². The van der Waals surface area contributed by atoms with Crippen molar-refractivity contribution >= 4 is 73.5 Å². The fraction of sp³-hybridized carbons (Fsp3) is 0.105. The van der Waals surface area contributed by atoms with Gasteiger partial charge < -0.3 is 5.32 Å². The summed E-state index contributed by atoms with van der Waals surface area (Å²) in [6.07, 6.45) is 1.75. The predicted octanol–water partition coefficient (Wildman–Crippen LogP) is 3.22. The van der Waals surface area contributed by atoms with Gasteiger partial charge in [-0.3, -0.25) is 14.5 Å². The molecule has 3 N–H and O–H groups in total. The fourth-order valence-corrected chi connectivity index (χ4v) is 4.52. The Morgan fingerprint density at radius 1 is 1.17 bits per heavy atom. The largest absolute Gasteiger partial charge is 0.326 e. The average molecular weight is 482 g/mol. The number of carbonyl (C=O) groups is 2.